The first-order chi connectivity index (χ1) is 14.2. The molecule has 1 aliphatic heterocycles. The number of likely N-dealkylation sites (tertiary alicyclic amines) is 1. The molecule has 0 radical (unpaired) electrons. The number of hydrogen-bond acceptors (Lipinski definition) is 4. The fourth-order valence-corrected chi connectivity index (χ4v) is 4.12. The normalized spacial score (nSPS) is 14.6. The molecule has 0 saturated carbocycles. The molecular formula is C25H29NO3. The van der Waals surface area contributed by atoms with E-state index in [0.29, 0.717) is 17.9 Å². The van der Waals surface area contributed by atoms with Gasteiger partial charge in [-0.3, -0.25) is 4.79 Å². The second-order valence-corrected chi connectivity index (χ2v) is 7.68. The van der Waals surface area contributed by atoms with Gasteiger partial charge >= 0.3 is 0 Å². The van der Waals surface area contributed by atoms with Gasteiger partial charge in [-0.1, -0.05) is 19.1 Å². The van der Waals surface area contributed by atoms with E-state index in [2.05, 4.69) is 30.0 Å². The third kappa shape index (κ3) is 4.23. The summed E-state index contributed by atoms with van der Waals surface area (Å²) in [5, 5.41) is 1.07. The van der Waals surface area contributed by atoms with Crippen LogP contribution in [0.15, 0.2) is 46.9 Å². The molecule has 0 bridgehead atoms. The van der Waals surface area contributed by atoms with E-state index in [1.807, 2.05) is 31.2 Å². The van der Waals surface area contributed by atoms with Crippen LogP contribution in [0.3, 0.4) is 0 Å². The van der Waals surface area contributed by atoms with Gasteiger partial charge in [-0.2, -0.15) is 0 Å². The minimum Gasteiger partial charge on any atom is -0.494 e. The highest BCUT2D eigenvalue weighted by molar-refractivity contribution is 6.10. The molecule has 2 aromatic carbocycles. The Morgan fingerprint density at radius 3 is 2.52 bits per heavy atom. The molecule has 152 valence electrons. The Hall–Kier alpha value is -2.59. The number of aryl methyl sites for hydroxylation is 1. The second kappa shape index (κ2) is 8.83. The van der Waals surface area contributed by atoms with Gasteiger partial charge in [-0.15, -0.1) is 0 Å². The zero-order valence-electron chi connectivity index (χ0n) is 17.4. The third-order valence-corrected chi connectivity index (χ3v) is 5.78. The van der Waals surface area contributed by atoms with Crippen molar-refractivity contribution in [1.82, 2.24) is 4.90 Å². The van der Waals surface area contributed by atoms with Crippen molar-refractivity contribution in [2.24, 2.45) is 0 Å². The number of ketones is 1. The predicted octanol–water partition coefficient (Wildman–Crippen LogP) is 5.26. The van der Waals surface area contributed by atoms with Gasteiger partial charge in [-0.25, -0.2) is 0 Å². The number of ether oxygens (including phenoxy) is 1. The van der Waals surface area contributed by atoms with E-state index in [4.69, 9.17) is 9.15 Å². The fraction of sp³-hybridized carbons (Fsp3) is 0.400. The fourth-order valence-electron chi connectivity index (χ4n) is 4.12. The van der Waals surface area contributed by atoms with Crippen molar-refractivity contribution in [3.8, 4) is 5.75 Å². The maximum atomic E-state index is 13.3. The molecule has 0 unspecified atom stereocenters. The predicted molar refractivity (Wildman–Crippen MR) is 116 cm³/mol. The van der Waals surface area contributed by atoms with Crippen LogP contribution in [0.5, 0.6) is 5.75 Å². The zero-order chi connectivity index (χ0) is 20.2. The van der Waals surface area contributed by atoms with Crippen molar-refractivity contribution in [3.05, 3.63) is 64.9 Å². The number of carbonyl (C=O) groups excluding carboxylic acids is 1. The lowest BCUT2D eigenvalue weighted by molar-refractivity contribution is 0.101. The van der Waals surface area contributed by atoms with Gasteiger partial charge < -0.3 is 14.1 Å². The summed E-state index contributed by atoms with van der Waals surface area (Å²) < 4.78 is 11.7. The van der Waals surface area contributed by atoms with E-state index in [1.54, 1.807) is 0 Å². The Balaban J connectivity index is 1.68. The lowest BCUT2D eigenvalue weighted by Gasteiger charge is -2.14. The molecule has 1 aromatic heterocycles. The van der Waals surface area contributed by atoms with Gasteiger partial charge in [0.25, 0.3) is 0 Å². The molecule has 0 aliphatic carbocycles. The summed E-state index contributed by atoms with van der Waals surface area (Å²) in [6.45, 7) is 7.95. The molecule has 29 heavy (non-hydrogen) atoms. The molecular weight excluding hydrogens is 362 g/mol. The molecule has 1 aliphatic rings. The summed E-state index contributed by atoms with van der Waals surface area (Å²) in [6.07, 6.45) is 4.31. The molecule has 0 atom stereocenters. The largest absolute Gasteiger partial charge is 0.494 e. The minimum atomic E-state index is -0.0567. The Labute approximate surface area is 172 Å². The Kier molecular flexibility index (Phi) is 6.00. The van der Waals surface area contributed by atoms with E-state index in [-0.39, 0.29) is 5.78 Å². The van der Waals surface area contributed by atoms with Gasteiger partial charge in [0.2, 0.25) is 5.78 Å². The lowest BCUT2D eigenvalue weighted by atomic mass is 10.0. The first-order valence-corrected chi connectivity index (χ1v) is 10.7. The van der Waals surface area contributed by atoms with Gasteiger partial charge in [0.15, 0.2) is 5.76 Å². The first kappa shape index (κ1) is 19.7. The van der Waals surface area contributed by atoms with Crippen LogP contribution >= 0.6 is 0 Å². The van der Waals surface area contributed by atoms with Crippen molar-refractivity contribution in [2.45, 2.75) is 39.5 Å². The van der Waals surface area contributed by atoms with Crippen LogP contribution < -0.4 is 4.74 Å². The first-order valence-electron chi connectivity index (χ1n) is 10.7. The summed E-state index contributed by atoms with van der Waals surface area (Å²) in [6, 6.07) is 13.7. The Bertz CT molecular complexity index is 981. The van der Waals surface area contributed by atoms with E-state index in [1.165, 1.54) is 18.4 Å². The van der Waals surface area contributed by atoms with Crippen molar-refractivity contribution < 1.29 is 13.9 Å². The summed E-state index contributed by atoms with van der Waals surface area (Å²) in [7, 11) is 0. The molecule has 1 fully saturated rings. The molecule has 1 saturated heterocycles. The van der Waals surface area contributed by atoms with Gasteiger partial charge in [0, 0.05) is 23.1 Å². The lowest BCUT2D eigenvalue weighted by Crippen LogP contribution is -2.22. The number of hydrogen-bond donors (Lipinski definition) is 0. The minimum absolute atomic E-state index is 0.0567. The SMILES string of the molecule is CCOc1ccc(C(=O)c2oc3cc(CC)ccc3c2CCN2CCCC2)cc1. The molecule has 0 amide bonds. The highest BCUT2D eigenvalue weighted by Gasteiger charge is 2.23. The van der Waals surface area contributed by atoms with Crippen LogP contribution in [0.1, 0.15) is 53.9 Å². The molecule has 3 aromatic rings. The van der Waals surface area contributed by atoms with Crippen LogP contribution in [-0.4, -0.2) is 36.9 Å². The summed E-state index contributed by atoms with van der Waals surface area (Å²) >= 11 is 0. The monoisotopic (exact) mass is 391 g/mol. The van der Waals surface area contributed by atoms with Gasteiger partial charge in [-0.05, 0) is 81.6 Å². The van der Waals surface area contributed by atoms with Crippen LogP contribution in [0.4, 0.5) is 0 Å². The quantitative estimate of drug-likeness (QED) is 0.491. The van der Waals surface area contributed by atoms with Crippen LogP contribution in [0, 0.1) is 0 Å². The summed E-state index contributed by atoms with van der Waals surface area (Å²) in [5.74, 6) is 1.20. The Morgan fingerprint density at radius 2 is 1.83 bits per heavy atom. The molecule has 4 nitrogen and oxygen atoms in total. The molecule has 4 rings (SSSR count). The van der Waals surface area contributed by atoms with Crippen molar-refractivity contribution in [1.29, 1.82) is 0 Å². The van der Waals surface area contributed by atoms with E-state index in [9.17, 15) is 4.79 Å². The van der Waals surface area contributed by atoms with Crippen LogP contribution in [-0.2, 0) is 12.8 Å². The number of furan rings is 1. The molecule has 4 heteroatoms. The molecule has 0 spiro atoms. The average molecular weight is 392 g/mol. The summed E-state index contributed by atoms with van der Waals surface area (Å²) in [5.41, 5.74) is 3.70. The van der Waals surface area contributed by atoms with E-state index in [0.717, 1.165) is 54.8 Å². The second-order valence-electron chi connectivity index (χ2n) is 7.68. The molecule has 0 N–H and O–H groups in total. The number of fused-ring (bicyclic) bond motifs is 1. The zero-order valence-corrected chi connectivity index (χ0v) is 17.4. The van der Waals surface area contributed by atoms with Crippen molar-refractivity contribution in [2.75, 3.05) is 26.2 Å². The van der Waals surface area contributed by atoms with E-state index < -0.39 is 0 Å². The third-order valence-electron chi connectivity index (χ3n) is 5.78. The van der Waals surface area contributed by atoms with Crippen molar-refractivity contribution >= 4 is 16.8 Å². The Morgan fingerprint density at radius 1 is 1.07 bits per heavy atom. The highest BCUT2D eigenvalue weighted by Crippen LogP contribution is 2.30. The number of carbonyl (C=O) groups is 1. The molecule has 2 heterocycles. The number of nitrogens with zero attached hydrogens (tertiary/aromatic N) is 1. The maximum absolute atomic E-state index is 13.3. The van der Waals surface area contributed by atoms with E-state index >= 15 is 0 Å². The highest BCUT2D eigenvalue weighted by atomic mass is 16.5. The topological polar surface area (TPSA) is 42.7 Å². The van der Waals surface area contributed by atoms with Crippen molar-refractivity contribution in [3.63, 3.8) is 0 Å². The van der Waals surface area contributed by atoms with Crippen LogP contribution in [0.2, 0.25) is 0 Å². The summed E-state index contributed by atoms with van der Waals surface area (Å²) in [4.78, 5) is 15.8. The van der Waals surface area contributed by atoms with Crippen LogP contribution in [0.25, 0.3) is 11.0 Å². The average Bonchev–Trinajstić information content (AvgIpc) is 3.39. The maximum Gasteiger partial charge on any atom is 0.228 e. The van der Waals surface area contributed by atoms with Gasteiger partial charge in [0.1, 0.15) is 11.3 Å². The smallest absolute Gasteiger partial charge is 0.228 e. The number of benzene rings is 2. The standard InChI is InChI=1S/C25H29NO3/c1-3-18-7-12-21-22(13-16-26-14-5-6-15-26)25(29-23(21)17-18)24(27)19-8-10-20(11-9-19)28-4-2/h7-12,17H,3-6,13-16H2,1-2H3. The van der Waals surface area contributed by atoms with Gasteiger partial charge in [0.05, 0.1) is 6.61 Å². The number of rotatable bonds is 8.